The molecule has 0 amide bonds. The van der Waals surface area contributed by atoms with Crippen molar-refractivity contribution >= 4 is 17.6 Å². The minimum absolute atomic E-state index is 0.0938. The van der Waals surface area contributed by atoms with E-state index in [9.17, 15) is 9.90 Å². The molecular formula is C13H21ClO4. The summed E-state index contributed by atoms with van der Waals surface area (Å²) in [5.74, 6) is -0.762. The van der Waals surface area contributed by atoms with Crippen molar-refractivity contribution in [2.24, 2.45) is 11.8 Å². The lowest BCUT2D eigenvalue weighted by atomic mass is 9.92. The molecule has 1 aliphatic carbocycles. The first-order chi connectivity index (χ1) is 9.06. The molecule has 104 valence electrons. The molecule has 0 heterocycles. The second-order valence-electron chi connectivity index (χ2n) is 4.81. The number of carboxylic acid groups (broad SMARTS) is 1. The van der Waals surface area contributed by atoms with Crippen LogP contribution in [0.25, 0.3) is 0 Å². The van der Waals surface area contributed by atoms with Crippen LogP contribution in [0.1, 0.15) is 32.1 Å². The van der Waals surface area contributed by atoms with Gasteiger partial charge in [-0.2, -0.15) is 0 Å². The third-order valence-corrected chi connectivity index (χ3v) is 4.01. The molecular weight excluding hydrogens is 256 g/mol. The normalized spacial score (nSPS) is 32.9. The number of allylic oxidation sites excluding steroid dienone is 2. The maximum Gasteiger partial charge on any atom is 0.303 e. The number of rotatable bonds is 8. The Morgan fingerprint density at radius 3 is 2.89 bits per heavy atom. The second-order valence-corrected chi connectivity index (χ2v) is 5.37. The van der Waals surface area contributed by atoms with Gasteiger partial charge in [0.25, 0.3) is 0 Å². The molecule has 4 atom stereocenters. The molecule has 1 fully saturated rings. The molecule has 0 aliphatic heterocycles. The summed E-state index contributed by atoms with van der Waals surface area (Å²) in [6.07, 6.45) is 6.24. The van der Waals surface area contributed by atoms with Gasteiger partial charge in [0.2, 0.25) is 1.43 Å². The van der Waals surface area contributed by atoms with Crippen LogP contribution in [0, 0.1) is 11.8 Å². The van der Waals surface area contributed by atoms with E-state index in [0.29, 0.717) is 12.8 Å². The molecule has 1 aliphatic rings. The Labute approximate surface area is 114 Å². The van der Waals surface area contributed by atoms with Crippen molar-refractivity contribution in [2.45, 2.75) is 43.6 Å². The summed E-state index contributed by atoms with van der Waals surface area (Å²) >= 11 is 6.20. The van der Waals surface area contributed by atoms with Gasteiger partial charge in [0, 0.05) is 24.3 Å². The summed E-state index contributed by atoms with van der Waals surface area (Å²) in [6, 6.07) is 0. The van der Waals surface area contributed by atoms with Gasteiger partial charge in [0.15, 0.2) is 0 Å². The Bertz CT molecular complexity index is 311. The third-order valence-electron chi connectivity index (χ3n) is 3.50. The summed E-state index contributed by atoms with van der Waals surface area (Å²) in [5, 5.41) is 22.6. The summed E-state index contributed by atoms with van der Waals surface area (Å²) in [6.45, 7) is 0.196. The number of aliphatic hydroxyl groups excluding tert-OH is 2. The van der Waals surface area contributed by atoms with E-state index in [1.807, 2.05) is 12.2 Å². The highest BCUT2D eigenvalue weighted by Gasteiger charge is 2.40. The summed E-state index contributed by atoms with van der Waals surface area (Å²) in [4.78, 5) is 10.3. The second kappa shape index (κ2) is 7.77. The Hall–Kier alpha value is -0.580. The lowest BCUT2D eigenvalue weighted by Gasteiger charge is -2.19. The van der Waals surface area contributed by atoms with Crippen LogP contribution in [0.3, 0.4) is 0 Å². The van der Waals surface area contributed by atoms with Crippen molar-refractivity contribution in [3.05, 3.63) is 12.2 Å². The molecule has 0 unspecified atom stereocenters. The van der Waals surface area contributed by atoms with Crippen molar-refractivity contribution in [1.29, 1.82) is 1.43 Å². The monoisotopic (exact) mass is 277 g/mol. The zero-order valence-corrected chi connectivity index (χ0v) is 11.1. The lowest BCUT2D eigenvalue weighted by molar-refractivity contribution is -0.137. The fourth-order valence-electron chi connectivity index (χ4n) is 2.43. The van der Waals surface area contributed by atoms with Gasteiger partial charge in [0.05, 0.1) is 6.10 Å². The zero-order chi connectivity index (χ0) is 14.3. The largest absolute Gasteiger partial charge is 0.481 e. The highest BCUT2D eigenvalue weighted by molar-refractivity contribution is 6.21. The van der Waals surface area contributed by atoms with E-state index in [-0.39, 0.29) is 30.2 Å². The van der Waals surface area contributed by atoms with E-state index >= 15 is 0 Å². The van der Waals surface area contributed by atoms with E-state index in [0.717, 1.165) is 12.8 Å². The maximum absolute atomic E-state index is 10.3. The molecule has 1 saturated carbocycles. The van der Waals surface area contributed by atoms with Crippen LogP contribution in [-0.4, -0.2) is 40.8 Å². The van der Waals surface area contributed by atoms with Crippen molar-refractivity contribution in [3.8, 4) is 0 Å². The number of aliphatic carboxylic acids is 1. The lowest BCUT2D eigenvalue weighted by Crippen LogP contribution is -2.23. The van der Waals surface area contributed by atoms with Crippen LogP contribution in [-0.2, 0) is 4.79 Å². The number of hydrogen-bond acceptors (Lipinski definition) is 3. The quantitative estimate of drug-likeness (QED) is 0.359. The molecule has 0 radical (unpaired) electrons. The van der Waals surface area contributed by atoms with E-state index in [1.165, 1.54) is 0 Å². The Morgan fingerprint density at radius 1 is 1.44 bits per heavy atom. The average molecular weight is 278 g/mol. The van der Waals surface area contributed by atoms with Gasteiger partial charge in [0.1, 0.15) is 0 Å². The summed E-state index contributed by atoms with van der Waals surface area (Å²) in [5.41, 5.74) is 0. The van der Waals surface area contributed by atoms with Gasteiger partial charge in [-0.25, -0.2) is 0 Å². The number of unbranched alkanes of at least 4 members (excludes halogenated alkanes) is 1. The summed E-state index contributed by atoms with van der Waals surface area (Å²) in [7, 11) is 0. The molecule has 0 spiro atoms. The van der Waals surface area contributed by atoms with E-state index in [2.05, 4.69) is 5.11 Å². The number of carboxylic acids is 1. The topological polar surface area (TPSA) is 77.8 Å². The number of halogens is 1. The molecule has 0 saturated heterocycles. The predicted octanol–water partition coefficient (Wildman–Crippen LogP) is 1.78. The fourth-order valence-corrected chi connectivity index (χ4v) is 2.91. The zero-order valence-electron chi connectivity index (χ0n) is 11.3. The molecule has 0 bridgehead atoms. The van der Waals surface area contributed by atoms with Gasteiger partial charge >= 0.3 is 5.97 Å². The Kier molecular flexibility index (Phi) is 5.97. The molecule has 1 rings (SSSR count). The van der Waals surface area contributed by atoms with E-state index < -0.39 is 12.1 Å². The number of hydrogen-bond donors (Lipinski definition) is 3. The smallest absolute Gasteiger partial charge is 0.303 e. The molecule has 0 aromatic rings. The Balaban J connectivity index is 2.33. The van der Waals surface area contributed by atoms with Crippen molar-refractivity contribution in [2.75, 3.05) is 6.61 Å². The third kappa shape index (κ3) is 4.59. The van der Waals surface area contributed by atoms with Crippen LogP contribution in [0.2, 0.25) is 0 Å². The van der Waals surface area contributed by atoms with Gasteiger partial charge < -0.3 is 15.3 Å². The van der Waals surface area contributed by atoms with Gasteiger partial charge in [-0.15, -0.1) is 11.6 Å². The highest BCUT2D eigenvalue weighted by Crippen LogP contribution is 2.38. The van der Waals surface area contributed by atoms with Crippen LogP contribution in [0.5, 0.6) is 0 Å². The van der Waals surface area contributed by atoms with Crippen LogP contribution in [0.4, 0.5) is 0 Å². The first kappa shape index (κ1) is 13.8. The molecule has 3 N–H and O–H groups in total. The van der Waals surface area contributed by atoms with Gasteiger partial charge in [-0.3, -0.25) is 4.79 Å². The standard InChI is InChI=1S/C13H21ClO4/c14-11-7-12(16)10(8-15)9(11)5-3-1-2-4-6-13(17)18/h1,3,9-12,15-16H,2,4-8H2,(H,17,18)/b3-1-/t9-,10-,11-,12-/m1/s1/i15D. The van der Waals surface area contributed by atoms with Crippen LogP contribution in [0.15, 0.2) is 12.2 Å². The first-order valence-electron chi connectivity index (χ1n) is 6.74. The minimum atomic E-state index is -0.777. The molecule has 0 aromatic carbocycles. The number of aliphatic hydroxyl groups is 2. The van der Waals surface area contributed by atoms with Crippen molar-refractivity contribution in [1.82, 2.24) is 0 Å². The SMILES string of the molecule is [2H]OC[C@@H]1[C@@H](C/C=C\CCCC(=O)O)[C@H](Cl)C[C@H]1O. The molecule has 5 heteroatoms. The predicted molar refractivity (Wildman–Crippen MR) is 69.6 cm³/mol. The van der Waals surface area contributed by atoms with Crippen LogP contribution < -0.4 is 0 Å². The minimum Gasteiger partial charge on any atom is -0.481 e. The van der Waals surface area contributed by atoms with Crippen LogP contribution >= 0.6 is 11.6 Å². The summed E-state index contributed by atoms with van der Waals surface area (Å²) < 4.78 is 6.79. The van der Waals surface area contributed by atoms with E-state index in [4.69, 9.17) is 18.1 Å². The van der Waals surface area contributed by atoms with Crippen molar-refractivity contribution < 1.29 is 20.1 Å². The molecule has 0 aromatic heterocycles. The molecule has 4 nitrogen and oxygen atoms in total. The van der Waals surface area contributed by atoms with E-state index in [1.54, 1.807) is 0 Å². The number of carbonyl (C=O) groups is 1. The Morgan fingerprint density at radius 2 is 2.22 bits per heavy atom. The average Bonchev–Trinajstić information content (AvgIpc) is 2.60. The van der Waals surface area contributed by atoms with Gasteiger partial charge in [-0.1, -0.05) is 12.2 Å². The first-order valence-corrected chi connectivity index (χ1v) is 6.77. The van der Waals surface area contributed by atoms with Gasteiger partial charge in [-0.05, 0) is 31.6 Å². The molecule has 18 heavy (non-hydrogen) atoms. The maximum atomic E-state index is 10.3. The van der Waals surface area contributed by atoms with Crippen molar-refractivity contribution in [3.63, 3.8) is 0 Å². The highest BCUT2D eigenvalue weighted by atomic mass is 35.5. The fraction of sp³-hybridized carbons (Fsp3) is 0.769. The number of alkyl halides is 1.